The topological polar surface area (TPSA) is 37.3 Å². The van der Waals surface area contributed by atoms with Gasteiger partial charge in [-0.15, -0.1) is 12.6 Å². The SMILES string of the molecule is O=C(O)CCc1cccc(S)c1Br. The van der Waals surface area contributed by atoms with E-state index >= 15 is 0 Å². The third-order valence-corrected chi connectivity index (χ3v) is 3.28. The van der Waals surface area contributed by atoms with Crippen LogP contribution >= 0.6 is 28.6 Å². The molecule has 0 bridgehead atoms. The van der Waals surface area contributed by atoms with Gasteiger partial charge in [-0.2, -0.15) is 0 Å². The van der Waals surface area contributed by atoms with Gasteiger partial charge in [0.25, 0.3) is 0 Å². The van der Waals surface area contributed by atoms with Crippen LogP contribution in [0.1, 0.15) is 12.0 Å². The first-order valence-corrected chi connectivity index (χ1v) is 5.03. The Morgan fingerprint density at radius 2 is 2.23 bits per heavy atom. The summed E-state index contributed by atoms with van der Waals surface area (Å²) in [5, 5.41) is 8.50. The molecule has 0 aliphatic heterocycles. The number of halogens is 1. The highest BCUT2D eigenvalue weighted by Crippen LogP contribution is 2.25. The Balaban J connectivity index is 2.77. The number of hydrogen-bond donors (Lipinski definition) is 2. The molecule has 0 saturated carbocycles. The quantitative estimate of drug-likeness (QED) is 0.821. The van der Waals surface area contributed by atoms with Crippen molar-refractivity contribution in [1.29, 1.82) is 0 Å². The summed E-state index contributed by atoms with van der Waals surface area (Å²) >= 11 is 7.58. The molecule has 0 heterocycles. The number of benzene rings is 1. The second-order valence-corrected chi connectivity index (χ2v) is 3.92. The number of aryl methyl sites for hydroxylation is 1. The molecule has 0 aromatic heterocycles. The number of carboxylic acids is 1. The molecule has 0 unspecified atom stereocenters. The van der Waals surface area contributed by atoms with Crippen molar-refractivity contribution in [1.82, 2.24) is 0 Å². The molecule has 2 nitrogen and oxygen atoms in total. The maximum absolute atomic E-state index is 10.3. The number of aliphatic carboxylic acids is 1. The average molecular weight is 261 g/mol. The van der Waals surface area contributed by atoms with Crippen LogP contribution in [-0.4, -0.2) is 11.1 Å². The van der Waals surface area contributed by atoms with Crippen molar-refractivity contribution in [2.24, 2.45) is 0 Å². The molecule has 0 saturated heterocycles. The van der Waals surface area contributed by atoms with Crippen molar-refractivity contribution in [2.75, 3.05) is 0 Å². The molecule has 70 valence electrons. The van der Waals surface area contributed by atoms with E-state index in [1.54, 1.807) is 0 Å². The zero-order valence-electron chi connectivity index (χ0n) is 6.83. The molecule has 1 aromatic rings. The Hall–Kier alpha value is -0.480. The number of carbonyl (C=O) groups is 1. The lowest BCUT2D eigenvalue weighted by Gasteiger charge is -2.04. The monoisotopic (exact) mass is 260 g/mol. The summed E-state index contributed by atoms with van der Waals surface area (Å²) in [6, 6.07) is 5.62. The Labute approximate surface area is 90.5 Å². The molecule has 1 N–H and O–H groups in total. The zero-order chi connectivity index (χ0) is 9.84. The average Bonchev–Trinajstić information content (AvgIpc) is 2.07. The molecule has 1 rings (SSSR count). The van der Waals surface area contributed by atoms with Crippen molar-refractivity contribution >= 4 is 34.5 Å². The van der Waals surface area contributed by atoms with Crippen LogP contribution in [0.25, 0.3) is 0 Å². The minimum atomic E-state index is -0.781. The summed E-state index contributed by atoms with van der Waals surface area (Å²) in [6.07, 6.45) is 0.681. The number of thiol groups is 1. The van der Waals surface area contributed by atoms with Gasteiger partial charge in [0.05, 0.1) is 0 Å². The van der Waals surface area contributed by atoms with Crippen LogP contribution in [0.2, 0.25) is 0 Å². The molecule has 1 aromatic carbocycles. The van der Waals surface area contributed by atoms with Crippen molar-refractivity contribution in [2.45, 2.75) is 17.7 Å². The molecule has 0 aliphatic rings. The summed E-state index contributed by atoms with van der Waals surface area (Å²) < 4.78 is 0.889. The van der Waals surface area contributed by atoms with E-state index < -0.39 is 5.97 Å². The predicted octanol–water partition coefficient (Wildman–Crippen LogP) is 2.76. The van der Waals surface area contributed by atoms with E-state index in [2.05, 4.69) is 28.6 Å². The van der Waals surface area contributed by atoms with Crippen LogP contribution in [0.4, 0.5) is 0 Å². The van der Waals surface area contributed by atoms with Crippen molar-refractivity contribution in [3.63, 3.8) is 0 Å². The Bertz CT molecular complexity index is 325. The van der Waals surface area contributed by atoms with E-state index in [4.69, 9.17) is 5.11 Å². The van der Waals surface area contributed by atoms with Gasteiger partial charge in [0.1, 0.15) is 0 Å². The van der Waals surface area contributed by atoms with Crippen molar-refractivity contribution < 1.29 is 9.90 Å². The first-order valence-electron chi connectivity index (χ1n) is 3.79. The number of rotatable bonds is 3. The first kappa shape index (κ1) is 10.6. The lowest BCUT2D eigenvalue weighted by Crippen LogP contribution is -1.98. The van der Waals surface area contributed by atoms with Gasteiger partial charge in [-0.3, -0.25) is 4.79 Å². The molecule has 4 heteroatoms. The molecular formula is C9H9BrO2S. The third kappa shape index (κ3) is 3.04. The van der Waals surface area contributed by atoms with Gasteiger partial charge in [0.2, 0.25) is 0 Å². The Morgan fingerprint density at radius 3 is 2.85 bits per heavy atom. The van der Waals surface area contributed by atoms with Gasteiger partial charge >= 0.3 is 5.97 Å². The predicted molar refractivity (Wildman–Crippen MR) is 57.4 cm³/mol. The Morgan fingerprint density at radius 1 is 1.54 bits per heavy atom. The van der Waals surface area contributed by atoms with Crippen LogP contribution in [-0.2, 0) is 11.2 Å². The summed E-state index contributed by atoms with van der Waals surface area (Å²) in [4.78, 5) is 11.2. The van der Waals surface area contributed by atoms with E-state index in [1.807, 2.05) is 18.2 Å². The molecule has 0 fully saturated rings. The smallest absolute Gasteiger partial charge is 0.303 e. The second-order valence-electron chi connectivity index (χ2n) is 2.64. The summed E-state index contributed by atoms with van der Waals surface area (Å²) in [5.74, 6) is -0.781. The molecule has 0 spiro atoms. The lowest BCUT2D eigenvalue weighted by molar-refractivity contribution is -0.136. The maximum Gasteiger partial charge on any atom is 0.303 e. The molecule has 0 atom stereocenters. The third-order valence-electron chi connectivity index (χ3n) is 1.67. The highest BCUT2D eigenvalue weighted by Gasteiger charge is 2.04. The normalized spacial score (nSPS) is 10.0. The molecule has 0 amide bonds. The summed E-state index contributed by atoms with van der Waals surface area (Å²) in [6.45, 7) is 0. The van der Waals surface area contributed by atoms with Gasteiger partial charge in [0.15, 0.2) is 0 Å². The van der Waals surface area contributed by atoms with E-state index in [9.17, 15) is 4.79 Å². The molecular weight excluding hydrogens is 252 g/mol. The van der Waals surface area contributed by atoms with E-state index in [-0.39, 0.29) is 6.42 Å². The molecule has 13 heavy (non-hydrogen) atoms. The van der Waals surface area contributed by atoms with Gasteiger partial charge in [0, 0.05) is 15.8 Å². The van der Waals surface area contributed by atoms with Crippen LogP contribution in [0.15, 0.2) is 27.6 Å². The van der Waals surface area contributed by atoms with Gasteiger partial charge in [-0.25, -0.2) is 0 Å². The van der Waals surface area contributed by atoms with Crippen molar-refractivity contribution in [3.8, 4) is 0 Å². The zero-order valence-corrected chi connectivity index (χ0v) is 9.31. The minimum Gasteiger partial charge on any atom is -0.481 e. The standard InChI is InChI=1S/C9H9BrO2S/c10-9-6(4-5-8(11)12)2-1-3-7(9)13/h1-3,13H,4-5H2,(H,11,12). The largest absolute Gasteiger partial charge is 0.481 e. The van der Waals surface area contributed by atoms with Crippen LogP contribution < -0.4 is 0 Å². The minimum absolute atomic E-state index is 0.149. The highest BCUT2D eigenvalue weighted by atomic mass is 79.9. The van der Waals surface area contributed by atoms with Crippen LogP contribution in [0.3, 0.4) is 0 Å². The van der Waals surface area contributed by atoms with Gasteiger partial charge < -0.3 is 5.11 Å². The van der Waals surface area contributed by atoms with E-state index in [1.165, 1.54) is 0 Å². The Kier molecular flexibility index (Phi) is 3.81. The highest BCUT2D eigenvalue weighted by molar-refractivity contribution is 9.10. The van der Waals surface area contributed by atoms with Gasteiger partial charge in [-0.05, 0) is 34.0 Å². The fourth-order valence-electron chi connectivity index (χ4n) is 1.00. The fraction of sp³-hybridized carbons (Fsp3) is 0.222. The molecule has 0 aliphatic carbocycles. The molecule has 0 radical (unpaired) electrons. The van der Waals surface area contributed by atoms with Gasteiger partial charge in [-0.1, -0.05) is 12.1 Å². The van der Waals surface area contributed by atoms with Crippen molar-refractivity contribution in [3.05, 3.63) is 28.2 Å². The van der Waals surface area contributed by atoms with Crippen LogP contribution in [0.5, 0.6) is 0 Å². The first-order chi connectivity index (χ1) is 6.11. The second kappa shape index (κ2) is 4.67. The maximum atomic E-state index is 10.3. The summed E-state index contributed by atoms with van der Waals surface area (Å²) in [7, 11) is 0. The van der Waals surface area contributed by atoms with E-state index in [0.717, 1.165) is 14.9 Å². The van der Waals surface area contributed by atoms with E-state index in [0.29, 0.717) is 6.42 Å². The number of carboxylic acid groups (broad SMARTS) is 1. The fourth-order valence-corrected chi connectivity index (χ4v) is 1.69. The lowest BCUT2D eigenvalue weighted by atomic mass is 10.1. The van der Waals surface area contributed by atoms with Crippen LogP contribution in [0, 0.1) is 0 Å². The number of hydrogen-bond acceptors (Lipinski definition) is 2. The summed E-state index contributed by atoms with van der Waals surface area (Å²) in [5.41, 5.74) is 0.981.